The SMILES string of the molecule is CCOB(OC(C)(C)CC)c1cc(Cl)cc(C)c1O[C@H]1CCCN(C(=O)OC(C)(C)C)C1. The van der Waals surface area contributed by atoms with Crippen molar-refractivity contribution in [3.8, 4) is 5.75 Å². The number of benzene rings is 1. The first-order valence-electron chi connectivity index (χ1n) is 11.6. The first kappa shape index (κ1) is 26.8. The van der Waals surface area contributed by atoms with E-state index in [1.807, 2.05) is 60.6 Å². The van der Waals surface area contributed by atoms with Gasteiger partial charge in [-0.1, -0.05) is 18.5 Å². The van der Waals surface area contributed by atoms with Crippen LogP contribution in [0.2, 0.25) is 5.02 Å². The van der Waals surface area contributed by atoms with E-state index in [4.69, 9.17) is 30.4 Å². The van der Waals surface area contributed by atoms with Gasteiger partial charge in [0, 0.05) is 29.2 Å². The smallest absolute Gasteiger partial charge is 0.489 e. The molecule has 0 N–H and O–H groups in total. The third-order valence-corrected chi connectivity index (χ3v) is 5.65. The zero-order valence-corrected chi connectivity index (χ0v) is 21.7. The number of nitrogens with zero attached hydrogens (tertiary/aromatic N) is 1. The molecule has 0 aromatic heterocycles. The lowest BCUT2D eigenvalue weighted by Crippen LogP contribution is -2.48. The van der Waals surface area contributed by atoms with Crippen molar-refractivity contribution in [2.75, 3.05) is 19.7 Å². The number of rotatable bonds is 8. The van der Waals surface area contributed by atoms with Gasteiger partial charge in [-0.25, -0.2) is 4.79 Å². The van der Waals surface area contributed by atoms with Crippen molar-refractivity contribution >= 4 is 30.3 Å². The molecule has 1 aliphatic rings. The van der Waals surface area contributed by atoms with Crippen molar-refractivity contribution < 1.29 is 23.6 Å². The van der Waals surface area contributed by atoms with E-state index in [-0.39, 0.29) is 17.8 Å². The largest absolute Gasteiger partial charge is 0.498 e. The summed E-state index contributed by atoms with van der Waals surface area (Å²) in [4.78, 5) is 14.3. The zero-order chi connectivity index (χ0) is 24.1. The molecule has 1 aromatic rings. The van der Waals surface area contributed by atoms with Crippen molar-refractivity contribution in [3.05, 3.63) is 22.7 Å². The number of hydrogen-bond donors (Lipinski definition) is 0. The van der Waals surface area contributed by atoms with Crippen molar-refractivity contribution in [1.82, 2.24) is 4.90 Å². The fraction of sp³-hybridized carbons (Fsp3) is 0.708. The molecule has 2 rings (SSSR count). The van der Waals surface area contributed by atoms with E-state index in [0.29, 0.717) is 30.5 Å². The maximum Gasteiger partial charge on any atom is 0.498 e. The average Bonchev–Trinajstić information content (AvgIpc) is 2.68. The predicted octanol–water partition coefficient (Wildman–Crippen LogP) is 5.36. The van der Waals surface area contributed by atoms with E-state index in [9.17, 15) is 4.79 Å². The van der Waals surface area contributed by atoms with Gasteiger partial charge in [0.1, 0.15) is 17.5 Å². The summed E-state index contributed by atoms with van der Waals surface area (Å²) in [6, 6.07) is 3.73. The molecule has 1 fully saturated rings. The van der Waals surface area contributed by atoms with Crippen LogP contribution in [0.3, 0.4) is 0 Å². The quantitative estimate of drug-likeness (QED) is 0.481. The Morgan fingerprint density at radius 3 is 2.50 bits per heavy atom. The number of amides is 1. The Kier molecular flexibility index (Phi) is 9.32. The van der Waals surface area contributed by atoms with E-state index in [2.05, 4.69) is 6.92 Å². The summed E-state index contributed by atoms with van der Waals surface area (Å²) in [6.07, 6.45) is 2.07. The zero-order valence-electron chi connectivity index (χ0n) is 20.9. The van der Waals surface area contributed by atoms with E-state index in [0.717, 1.165) is 30.3 Å². The number of likely N-dealkylation sites (tertiary alicyclic amines) is 1. The molecule has 1 heterocycles. The van der Waals surface area contributed by atoms with Crippen LogP contribution >= 0.6 is 11.6 Å². The molecule has 1 amide bonds. The third-order valence-electron chi connectivity index (χ3n) is 5.43. The molecule has 0 unspecified atom stereocenters. The minimum atomic E-state index is -0.604. The molecule has 8 heteroatoms. The minimum Gasteiger partial charge on any atom is -0.489 e. The Morgan fingerprint density at radius 1 is 1.22 bits per heavy atom. The highest BCUT2D eigenvalue weighted by molar-refractivity contribution is 6.63. The second kappa shape index (κ2) is 11.1. The summed E-state index contributed by atoms with van der Waals surface area (Å²) in [7, 11) is -0.604. The van der Waals surface area contributed by atoms with E-state index in [1.54, 1.807) is 4.90 Å². The first-order valence-corrected chi connectivity index (χ1v) is 12.0. The number of hydrogen-bond acceptors (Lipinski definition) is 5. The maximum absolute atomic E-state index is 12.6. The molecule has 0 aliphatic carbocycles. The normalized spacial score (nSPS) is 17.3. The van der Waals surface area contributed by atoms with Gasteiger partial charge in [-0.15, -0.1) is 0 Å². The molecular formula is C24H39BClNO5. The van der Waals surface area contributed by atoms with Crippen LogP contribution in [-0.4, -0.2) is 55.1 Å². The predicted molar refractivity (Wildman–Crippen MR) is 130 cm³/mol. The van der Waals surface area contributed by atoms with Gasteiger partial charge in [-0.2, -0.15) is 0 Å². The van der Waals surface area contributed by atoms with Gasteiger partial charge < -0.3 is 23.7 Å². The fourth-order valence-corrected chi connectivity index (χ4v) is 3.78. The number of carbonyl (C=O) groups excluding carboxylic acids is 1. The van der Waals surface area contributed by atoms with Crippen LogP contribution in [0, 0.1) is 6.92 Å². The van der Waals surface area contributed by atoms with Crippen molar-refractivity contribution in [2.45, 2.75) is 92.0 Å². The number of piperidine rings is 1. The van der Waals surface area contributed by atoms with Crippen LogP contribution in [-0.2, 0) is 14.0 Å². The summed E-state index contributed by atoms with van der Waals surface area (Å²) in [5.74, 6) is 0.704. The van der Waals surface area contributed by atoms with Crippen LogP contribution in [0.15, 0.2) is 12.1 Å². The highest BCUT2D eigenvalue weighted by Gasteiger charge is 2.34. The second-order valence-corrected chi connectivity index (χ2v) is 10.4. The number of ether oxygens (including phenoxy) is 2. The van der Waals surface area contributed by atoms with Crippen LogP contribution in [0.5, 0.6) is 5.75 Å². The Hall–Kier alpha value is -1.44. The molecule has 0 radical (unpaired) electrons. The molecule has 0 bridgehead atoms. The molecule has 1 atom stereocenters. The van der Waals surface area contributed by atoms with Gasteiger partial charge >= 0.3 is 13.2 Å². The Bertz CT molecular complexity index is 780. The van der Waals surface area contributed by atoms with Gasteiger partial charge in [-0.3, -0.25) is 0 Å². The van der Waals surface area contributed by atoms with Crippen LogP contribution in [0.4, 0.5) is 4.79 Å². The molecule has 0 spiro atoms. The fourth-order valence-electron chi connectivity index (χ4n) is 3.50. The molecule has 6 nitrogen and oxygen atoms in total. The molecule has 32 heavy (non-hydrogen) atoms. The van der Waals surface area contributed by atoms with Crippen LogP contribution in [0.25, 0.3) is 0 Å². The first-order chi connectivity index (χ1) is 14.8. The van der Waals surface area contributed by atoms with Crippen LogP contribution < -0.4 is 10.2 Å². The standard InChI is InChI=1S/C24H39BClNO5/c1-9-24(7,8)32-25(29-10-2)20-15-18(26)14-17(3)21(20)30-19-12-11-13-27(16-19)22(28)31-23(4,5)6/h14-15,19H,9-13,16H2,1-8H3/t19-/m0/s1. The molecule has 180 valence electrons. The van der Waals surface area contributed by atoms with Crippen molar-refractivity contribution in [3.63, 3.8) is 0 Å². The van der Waals surface area contributed by atoms with E-state index < -0.39 is 12.7 Å². The Labute approximate surface area is 199 Å². The van der Waals surface area contributed by atoms with Crippen LogP contribution in [0.1, 0.15) is 73.3 Å². The second-order valence-electron chi connectivity index (χ2n) is 9.97. The van der Waals surface area contributed by atoms with Gasteiger partial charge in [0.05, 0.1) is 6.54 Å². The van der Waals surface area contributed by atoms with Crippen molar-refractivity contribution in [1.29, 1.82) is 0 Å². The highest BCUT2D eigenvalue weighted by atomic mass is 35.5. The summed E-state index contributed by atoms with van der Waals surface area (Å²) in [5.41, 5.74) is 0.780. The van der Waals surface area contributed by atoms with E-state index in [1.165, 1.54) is 0 Å². The molecule has 1 saturated heterocycles. The maximum atomic E-state index is 12.6. The molecule has 0 saturated carbocycles. The minimum absolute atomic E-state index is 0.156. The monoisotopic (exact) mass is 467 g/mol. The van der Waals surface area contributed by atoms with Gasteiger partial charge in [-0.05, 0) is 85.4 Å². The summed E-state index contributed by atoms with van der Waals surface area (Å²) in [5, 5.41) is 0.603. The van der Waals surface area contributed by atoms with Gasteiger partial charge in [0.2, 0.25) is 0 Å². The third kappa shape index (κ3) is 7.86. The Balaban J connectivity index is 2.28. The van der Waals surface area contributed by atoms with E-state index >= 15 is 0 Å². The lowest BCUT2D eigenvalue weighted by Gasteiger charge is -2.35. The molecule has 1 aromatic carbocycles. The van der Waals surface area contributed by atoms with Gasteiger partial charge in [0.15, 0.2) is 0 Å². The lowest BCUT2D eigenvalue weighted by molar-refractivity contribution is 0.00767. The Morgan fingerprint density at radius 2 is 1.91 bits per heavy atom. The molecular weight excluding hydrogens is 429 g/mol. The summed E-state index contributed by atoms with van der Waals surface area (Å²) >= 11 is 6.40. The summed E-state index contributed by atoms with van der Waals surface area (Å²) < 4.78 is 24.3. The number of halogens is 1. The topological polar surface area (TPSA) is 57.2 Å². The van der Waals surface area contributed by atoms with Crippen molar-refractivity contribution in [2.24, 2.45) is 0 Å². The molecule has 1 aliphatic heterocycles. The highest BCUT2D eigenvalue weighted by Crippen LogP contribution is 2.27. The number of aryl methyl sites for hydroxylation is 1. The summed E-state index contributed by atoms with van der Waals surface area (Å²) in [6.45, 7) is 17.3. The lowest BCUT2D eigenvalue weighted by atomic mass is 9.75. The van der Waals surface area contributed by atoms with Gasteiger partial charge in [0.25, 0.3) is 0 Å². The average molecular weight is 468 g/mol. The number of carbonyl (C=O) groups is 1.